The Morgan fingerprint density at radius 1 is 0.727 bits per heavy atom. The van der Waals surface area contributed by atoms with Gasteiger partial charge >= 0.3 is 29.8 Å². The topological polar surface area (TPSA) is 255 Å². The molecule has 1 aliphatic rings. The van der Waals surface area contributed by atoms with Crippen molar-refractivity contribution in [2.24, 2.45) is 0 Å². The Labute approximate surface area is 248 Å². The molecule has 0 aromatic heterocycles. The third kappa shape index (κ3) is 8.72. The Hall–Kier alpha value is -5.57. The lowest BCUT2D eigenvalue weighted by atomic mass is 9.79. The van der Waals surface area contributed by atoms with Gasteiger partial charge in [-0.1, -0.05) is 12.1 Å². The Morgan fingerprint density at radius 3 is 1.70 bits per heavy atom. The SMILES string of the molecule is O=C(O)CCC(=O)O[C@@H]1C[C@@](OC(=O)/C=C/c2ccc(O)c(O)c2)(C(=O)O)C[C@@H](OC(=O)/C=C/c2ccc(O)c(O)c2)[C@@H]1O. The Balaban J connectivity index is 1.85. The maximum absolute atomic E-state index is 12.7. The Bertz CT molecular complexity index is 1490. The molecule has 0 bridgehead atoms. The third-order valence-electron chi connectivity index (χ3n) is 6.43. The van der Waals surface area contributed by atoms with Crippen molar-refractivity contribution in [3.8, 4) is 23.0 Å². The lowest BCUT2D eigenvalue weighted by Crippen LogP contribution is -2.59. The fourth-order valence-electron chi connectivity index (χ4n) is 4.21. The Morgan fingerprint density at radius 2 is 1.23 bits per heavy atom. The van der Waals surface area contributed by atoms with Crippen LogP contribution in [-0.4, -0.2) is 89.5 Å². The largest absolute Gasteiger partial charge is 0.504 e. The molecule has 1 fully saturated rings. The lowest BCUT2D eigenvalue weighted by molar-refractivity contribution is -0.213. The number of aliphatic hydroxyl groups excluding tert-OH is 1. The molecule has 4 atom stereocenters. The number of carbonyl (C=O) groups is 5. The van der Waals surface area contributed by atoms with Crippen LogP contribution >= 0.6 is 0 Å². The van der Waals surface area contributed by atoms with E-state index in [0.717, 1.165) is 42.5 Å². The molecule has 0 aliphatic heterocycles. The van der Waals surface area contributed by atoms with Crippen molar-refractivity contribution >= 4 is 42.0 Å². The number of phenolic OH excluding ortho intramolecular Hbond substituents is 4. The van der Waals surface area contributed by atoms with E-state index in [9.17, 15) is 54.6 Å². The predicted octanol–water partition coefficient (Wildman–Crippen LogP) is 1.45. The van der Waals surface area contributed by atoms with Crippen LogP contribution in [0.15, 0.2) is 48.6 Å². The van der Waals surface area contributed by atoms with E-state index in [4.69, 9.17) is 19.3 Å². The fraction of sp³-hybridized carbons (Fsp3) is 0.276. The van der Waals surface area contributed by atoms with E-state index in [1.165, 1.54) is 18.2 Å². The number of carboxylic acid groups (broad SMARTS) is 2. The van der Waals surface area contributed by atoms with Crippen molar-refractivity contribution in [3.05, 3.63) is 59.7 Å². The quantitative estimate of drug-likeness (QED) is 0.0816. The number of aromatic hydroxyl groups is 4. The highest BCUT2D eigenvalue weighted by Crippen LogP contribution is 2.37. The van der Waals surface area contributed by atoms with Crippen molar-refractivity contribution in [3.63, 3.8) is 0 Å². The monoisotopic (exact) mass is 616 g/mol. The molecule has 1 saturated carbocycles. The summed E-state index contributed by atoms with van der Waals surface area (Å²) in [6, 6.07) is 7.22. The van der Waals surface area contributed by atoms with Crippen LogP contribution in [0, 0.1) is 0 Å². The van der Waals surface area contributed by atoms with Gasteiger partial charge in [-0.15, -0.1) is 0 Å². The highest BCUT2D eigenvalue weighted by atomic mass is 16.6. The van der Waals surface area contributed by atoms with Gasteiger partial charge in [0.05, 0.1) is 12.8 Å². The van der Waals surface area contributed by atoms with E-state index in [2.05, 4.69) is 0 Å². The number of aliphatic carboxylic acids is 2. The van der Waals surface area contributed by atoms with E-state index in [1.807, 2.05) is 0 Å². The first kappa shape index (κ1) is 32.9. The van der Waals surface area contributed by atoms with E-state index in [-0.39, 0.29) is 11.1 Å². The van der Waals surface area contributed by atoms with Gasteiger partial charge in [-0.2, -0.15) is 0 Å². The van der Waals surface area contributed by atoms with Gasteiger partial charge in [-0.25, -0.2) is 14.4 Å². The summed E-state index contributed by atoms with van der Waals surface area (Å²) in [6.07, 6.45) is -4.10. The van der Waals surface area contributed by atoms with Gasteiger partial charge in [0.2, 0.25) is 5.60 Å². The average Bonchev–Trinajstić information content (AvgIpc) is 2.95. The molecule has 0 saturated heterocycles. The zero-order chi connectivity index (χ0) is 32.6. The molecule has 1 aliphatic carbocycles. The van der Waals surface area contributed by atoms with Crippen LogP contribution in [0.1, 0.15) is 36.8 Å². The number of rotatable bonds is 11. The number of ether oxygens (including phenoxy) is 3. The lowest BCUT2D eigenvalue weighted by Gasteiger charge is -2.42. The molecule has 0 radical (unpaired) electrons. The van der Waals surface area contributed by atoms with Gasteiger partial charge in [-0.3, -0.25) is 9.59 Å². The van der Waals surface area contributed by atoms with Gasteiger partial charge in [0, 0.05) is 25.0 Å². The zero-order valence-corrected chi connectivity index (χ0v) is 22.7. The fourth-order valence-corrected chi connectivity index (χ4v) is 4.21. The zero-order valence-electron chi connectivity index (χ0n) is 22.7. The number of esters is 3. The maximum atomic E-state index is 12.7. The summed E-state index contributed by atoms with van der Waals surface area (Å²) in [6.45, 7) is 0. The molecule has 0 unspecified atom stereocenters. The summed E-state index contributed by atoms with van der Waals surface area (Å²) in [5.41, 5.74) is -2.02. The minimum atomic E-state index is -2.51. The normalized spacial score (nSPS) is 21.5. The number of benzene rings is 2. The first-order valence-corrected chi connectivity index (χ1v) is 12.9. The predicted molar refractivity (Wildman–Crippen MR) is 146 cm³/mol. The smallest absolute Gasteiger partial charge is 0.348 e. The minimum absolute atomic E-state index is 0.228. The summed E-state index contributed by atoms with van der Waals surface area (Å²) in [5, 5.41) is 67.8. The molecular formula is C29H28O15. The second kappa shape index (κ2) is 14.1. The molecule has 44 heavy (non-hydrogen) atoms. The van der Waals surface area contributed by atoms with Crippen molar-refractivity contribution < 1.29 is 73.9 Å². The summed E-state index contributed by atoms with van der Waals surface area (Å²) in [5.74, 6) is -8.30. The third-order valence-corrected chi connectivity index (χ3v) is 6.43. The summed E-state index contributed by atoms with van der Waals surface area (Å²) < 4.78 is 15.6. The van der Waals surface area contributed by atoms with Crippen LogP contribution in [-0.2, 0) is 38.2 Å². The van der Waals surface area contributed by atoms with Crippen molar-refractivity contribution in [2.45, 2.75) is 49.6 Å². The molecule has 0 amide bonds. The van der Waals surface area contributed by atoms with Gasteiger partial charge < -0.3 is 50.0 Å². The number of carbonyl (C=O) groups excluding carboxylic acids is 3. The molecule has 0 spiro atoms. The standard InChI is InChI=1S/C29H28O15/c30-17-5-1-15(11-19(17)32)3-8-24(36)42-21-13-29(28(40)41,14-22(27(21)39)43-25(37)10-7-23(34)35)44-26(38)9-4-16-2-6-18(31)20(33)12-16/h1-6,8-9,11-12,21-22,27,30-33,39H,7,10,13-14H2,(H,34,35)(H,40,41)/b8-3+,9-4+/t21-,22-,27+,29-/m1/s1. The molecule has 234 valence electrons. The Kier molecular flexibility index (Phi) is 10.5. The molecule has 2 aromatic rings. The summed E-state index contributed by atoms with van der Waals surface area (Å²) >= 11 is 0. The molecule has 15 nitrogen and oxygen atoms in total. The number of hydrogen-bond donors (Lipinski definition) is 7. The maximum Gasteiger partial charge on any atom is 0.348 e. The van der Waals surface area contributed by atoms with E-state index >= 15 is 0 Å². The number of aliphatic hydroxyl groups is 1. The molecular weight excluding hydrogens is 588 g/mol. The van der Waals surface area contributed by atoms with Crippen molar-refractivity contribution in [2.75, 3.05) is 0 Å². The molecule has 7 N–H and O–H groups in total. The van der Waals surface area contributed by atoms with Crippen molar-refractivity contribution in [1.82, 2.24) is 0 Å². The molecule has 15 heteroatoms. The number of hydrogen-bond acceptors (Lipinski definition) is 13. The second-order valence-corrected chi connectivity index (χ2v) is 9.68. The van der Waals surface area contributed by atoms with Crippen LogP contribution in [0.5, 0.6) is 23.0 Å². The van der Waals surface area contributed by atoms with Crippen LogP contribution in [0.3, 0.4) is 0 Å². The first-order chi connectivity index (χ1) is 20.7. The highest BCUT2D eigenvalue weighted by molar-refractivity contribution is 5.91. The van der Waals surface area contributed by atoms with Gasteiger partial charge in [0.15, 0.2) is 23.0 Å². The first-order valence-electron chi connectivity index (χ1n) is 12.9. The van der Waals surface area contributed by atoms with Crippen LogP contribution in [0.2, 0.25) is 0 Å². The van der Waals surface area contributed by atoms with E-state index in [1.54, 1.807) is 0 Å². The van der Waals surface area contributed by atoms with Gasteiger partial charge in [0.25, 0.3) is 0 Å². The highest BCUT2D eigenvalue weighted by Gasteiger charge is 2.56. The molecule has 0 heterocycles. The number of phenols is 4. The van der Waals surface area contributed by atoms with Crippen LogP contribution in [0.25, 0.3) is 12.2 Å². The average molecular weight is 617 g/mol. The second-order valence-electron chi connectivity index (χ2n) is 9.68. The molecule has 2 aromatic carbocycles. The summed E-state index contributed by atoms with van der Waals surface area (Å²) in [7, 11) is 0. The van der Waals surface area contributed by atoms with Gasteiger partial charge in [0.1, 0.15) is 18.3 Å². The van der Waals surface area contributed by atoms with E-state index < -0.39 is 102 Å². The van der Waals surface area contributed by atoms with E-state index in [0.29, 0.717) is 0 Å². The molecule has 3 rings (SSSR count). The van der Waals surface area contributed by atoms with Crippen molar-refractivity contribution in [1.29, 1.82) is 0 Å². The minimum Gasteiger partial charge on any atom is -0.504 e. The number of carboxylic acids is 2. The van der Waals surface area contributed by atoms with Gasteiger partial charge in [-0.05, 0) is 47.5 Å². The van der Waals surface area contributed by atoms with Crippen LogP contribution < -0.4 is 0 Å². The summed E-state index contributed by atoms with van der Waals surface area (Å²) in [4.78, 5) is 60.8. The van der Waals surface area contributed by atoms with Crippen LogP contribution in [0.4, 0.5) is 0 Å².